The van der Waals surface area contributed by atoms with Crippen LogP contribution in [0.2, 0.25) is 0 Å². The Morgan fingerprint density at radius 3 is 2.65 bits per heavy atom. The van der Waals surface area contributed by atoms with Crippen molar-refractivity contribution < 1.29 is 29.0 Å². The number of fused-ring (bicyclic) bond motifs is 1. The Kier molecular flexibility index (Phi) is 5.41. The van der Waals surface area contributed by atoms with Crippen LogP contribution in [0.3, 0.4) is 0 Å². The van der Waals surface area contributed by atoms with Crippen molar-refractivity contribution in [2.75, 3.05) is 19.8 Å². The van der Waals surface area contributed by atoms with Crippen molar-refractivity contribution in [1.82, 2.24) is 4.90 Å². The van der Waals surface area contributed by atoms with Gasteiger partial charge in [-0.2, -0.15) is 0 Å². The third-order valence-electron chi connectivity index (χ3n) is 4.25. The normalized spacial score (nSPS) is 31.2. The van der Waals surface area contributed by atoms with E-state index in [1.807, 2.05) is 0 Å². The molecule has 0 spiro atoms. The van der Waals surface area contributed by atoms with Gasteiger partial charge in [-0.25, -0.2) is 4.79 Å². The number of hydrogen-bond donors (Lipinski definition) is 1. The lowest BCUT2D eigenvalue weighted by Gasteiger charge is -2.29. The molecular formula is C16H25NO6. The molecule has 2 aliphatic heterocycles. The van der Waals surface area contributed by atoms with Crippen LogP contribution in [0.5, 0.6) is 0 Å². The van der Waals surface area contributed by atoms with Gasteiger partial charge >= 0.3 is 6.09 Å². The number of carbonyl (C=O) groups is 3. The van der Waals surface area contributed by atoms with Crippen LogP contribution >= 0.6 is 0 Å². The smallest absolute Gasteiger partial charge is 0.411 e. The highest BCUT2D eigenvalue weighted by atomic mass is 16.6. The SMILES string of the molecule is CC(C)(C)OC(=O)N1C[C@@H]2C[C@H](C=O)CCO[C@H]2[C@H]1C(=O)CO. The monoisotopic (exact) mass is 327 g/mol. The first kappa shape index (κ1) is 17.9. The van der Waals surface area contributed by atoms with Gasteiger partial charge in [-0.05, 0) is 33.6 Å². The highest BCUT2D eigenvalue weighted by Crippen LogP contribution is 2.35. The van der Waals surface area contributed by atoms with E-state index in [1.165, 1.54) is 4.90 Å². The standard InChI is InChI=1S/C16H25NO6/c1-16(2,3)23-15(21)17-7-11-6-10(8-18)4-5-22-14(11)13(17)12(20)9-19/h8,10-11,13-14,19H,4-7,9H2,1-3H3/t10-,11+,13-,14-/m1/s1. The van der Waals surface area contributed by atoms with Crippen LogP contribution < -0.4 is 0 Å². The largest absolute Gasteiger partial charge is 0.444 e. The lowest BCUT2D eigenvalue weighted by atomic mass is 9.90. The van der Waals surface area contributed by atoms with Crippen LogP contribution in [-0.4, -0.2) is 65.7 Å². The summed E-state index contributed by atoms with van der Waals surface area (Å²) in [6.45, 7) is 5.25. The molecule has 0 aromatic carbocycles. The second kappa shape index (κ2) is 6.97. The molecule has 0 saturated carbocycles. The van der Waals surface area contributed by atoms with Gasteiger partial charge < -0.3 is 19.4 Å². The number of carbonyl (C=O) groups excluding carboxylic acids is 3. The van der Waals surface area contributed by atoms with E-state index in [9.17, 15) is 19.5 Å². The van der Waals surface area contributed by atoms with E-state index in [4.69, 9.17) is 9.47 Å². The molecule has 4 atom stereocenters. The molecule has 1 amide bonds. The minimum Gasteiger partial charge on any atom is -0.444 e. The summed E-state index contributed by atoms with van der Waals surface area (Å²) in [5, 5.41) is 9.25. The molecular weight excluding hydrogens is 302 g/mol. The van der Waals surface area contributed by atoms with Crippen molar-refractivity contribution in [2.24, 2.45) is 11.8 Å². The van der Waals surface area contributed by atoms with E-state index in [2.05, 4.69) is 0 Å². The van der Waals surface area contributed by atoms with Crippen molar-refractivity contribution in [3.05, 3.63) is 0 Å². The molecule has 0 bridgehead atoms. The quantitative estimate of drug-likeness (QED) is 0.770. The zero-order chi connectivity index (χ0) is 17.2. The molecule has 7 nitrogen and oxygen atoms in total. The fourth-order valence-electron chi connectivity index (χ4n) is 3.29. The number of Topliss-reactive ketones (excluding diaryl/α,β-unsaturated/α-hetero) is 1. The average Bonchev–Trinajstić information content (AvgIpc) is 2.70. The number of nitrogens with zero attached hydrogens (tertiary/aromatic N) is 1. The van der Waals surface area contributed by atoms with Gasteiger partial charge in [0.05, 0.1) is 6.10 Å². The van der Waals surface area contributed by atoms with E-state index in [-0.39, 0.29) is 11.8 Å². The summed E-state index contributed by atoms with van der Waals surface area (Å²) < 4.78 is 11.1. The minimum absolute atomic E-state index is 0.110. The van der Waals surface area contributed by atoms with Crippen molar-refractivity contribution in [1.29, 1.82) is 0 Å². The summed E-state index contributed by atoms with van der Waals surface area (Å²) in [5.41, 5.74) is -0.680. The van der Waals surface area contributed by atoms with Crippen molar-refractivity contribution in [3.8, 4) is 0 Å². The number of aliphatic hydroxyl groups is 1. The zero-order valence-corrected chi connectivity index (χ0v) is 13.9. The molecule has 130 valence electrons. The van der Waals surface area contributed by atoms with E-state index in [1.54, 1.807) is 20.8 Å². The highest BCUT2D eigenvalue weighted by molar-refractivity contribution is 5.89. The topological polar surface area (TPSA) is 93.1 Å². The first-order valence-corrected chi connectivity index (χ1v) is 7.97. The Hall–Kier alpha value is -1.47. The van der Waals surface area contributed by atoms with Gasteiger partial charge in [0, 0.05) is 25.0 Å². The Morgan fingerprint density at radius 1 is 1.39 bits per heavy atom. The maximum absolute atomic E-state index is 12.4. The Morgan fingerprint density at radius 2 is 2.09 bits per heavy atom. The van der Waals surface area contributed by atoms with E-state index >= 15 is 0 Å². The Labute approximate surface area is 135 Å². The molecule has 2 aliphatic rings. The molecule has 1 N–H and O–H groups in total. The molecule has 0 aromatic heterocycles. The molecule has 23 heavy (non-hydrogen) atoms. The van der Waals surface area contributed by atoms with Crippen LogP contribution in [-0.2, 0) is 19.1 Å². The molecule has 0 unspecified atom stereocenters. The Bertz CT molecular complexity index is 472. The van der Waals surface area contributed by atoms with Crippen LogP contribution in [0, 0.1) is 11.8 Å². The number of aldehydes is 1. The number of ketones is 1. The van der Waals surface area contributed by atoms with Gasteiger partial charge in [-0.15, -0.1) is 0 Å². The lowest BCUT2D eigenvalue weighted by molar-refractivity contribution is -0.130. The summed E-state index contributed by atoms with van der Waals surface area (Å²) in [4.78, 5) is 37.0. The number of hydrogen-bond acceptors (Lipinski definition) is 6. The average molecular weight is 327 g/mol. The molecule has 2 saturated heterocycles. The number of likely N-dealkylation sites (tertiary alicyclic amines) is 1. The van der Waals surface area contributed by atoms with E-state index < -0.39 is 36.2 Å². The maximum Gasteiger partial charge on any atom is 0.411 e. The molecule has 0 aromatic rings. The van der Waals surface area contributed by atoms with Gasteiger partial charge in [0.2, 0.25) is 0 Å². The fourth-order valence-corrected chi connectivity index (χ4v) is 3.29. The van der Waals surface area contributed by atoms with Gasteiger partial charge in [0.15, 0.2) is 5.78 Å². The van der Waals surface area contributed by atoms with Crippen LogP contribution in [0.25, 0.3) is 0 Å². The molecule has 2 heterocycles. The second-order valence-electron chi connectivity index (χ2n) is 7.22. The molecule has 0 aliphatic carbocycles. The third kappa shape index (κ3) is 4.09. The Balaban J connectivity index is 2.22. The van der Waals surface area contributed by atoms with E-state index in [0.717, 1.165) is 6.29 Å². The minimum atomic E-state index is -0.856. The van der Waals surface area contributed by atoms with Crippen LogP contribution in [0.1, 0.15) is 33.6 Å². The van der Waals surface area contributed by atoms with Gasteiger partial charge in [0.1, 0.15) is 24.5 Å². The van der Waals surface area contributed by atoms with Gasteiger partial charge in [-0.1, -0.05) is 0 Å². The summed E-state index contributed by atoms with van der Waals surface area (Å²) >= 11 is 0. The number of ether oxygens (including phenoxy) is 2. The summed E-state index contributed by atoms with van der Waals surface area (Å²) in [6.07, 6.45) is 1.01. The summed E-state index contributed by atoms with van der Waals surface area (Å²) in [6, 6.07) is -0.856. The molecule has 0 radical (unpaired) electrons. The number of rotatable bonds is 3. The number of aliphatic hydroxyl groups excluding tert-OH is 1. The highest BCUT2D eigenvalue weighted by Gasteiger charge is 2.50. The van der Waals surface area contributed by atoms with E-state index in [0.29, 0.717) is 26.0 Å². The summed E-state index contributed by atoms with van der Waals surface area (Å²) in [5.74, 6) is -0.706. The molecule has 2 fully saturated rings. The van der Waals surface area contributed by atoms with Crippen LogP contribution in [0.4, 0.5) is 4.79 Å². The number of amides is 1. The fraction of sp³-hybridized carbons (Fsp3) is 0.812. The van der Waals surface area contributed by atoms with Gasteiger partial charge in [-0.3, -0.25) is 9.69 Å². The predicted molar refractivity (Wildman–Crippen MR) is 80.8 cm³/mol. The van der Waals surface area contributed by atoms with Gasteiger partial charge in [0.25, 0.3) is 0 Å². The van der Waals surface area contributed by atoms with Crippen molar-refractivity contribution in [3.63, 3.8) is 0 Å². The predicted octanol–water partition coefficient (Wildman–Crippen LogP) is 0.777. The first-order valence-electron chi connectivity index (χ1n) is 7.97. The molecule has 2 rings (SSSR count). The van der Waals surface area contributed by atoms with Crippen molar-refractivity contribution in [2.45, 2.75) is 51.4 Å². The maximum atomic E-state index is 12.4. The van der Waals surface area contributed by atoms with Crippen LogP contribution in [0.15, 0.2) is 0 Å². The van der Waals surface area contributed by atoms with Crippen molar-refractivity contribution >= 4 is 18.2 Å². The zero-order valence-electron chi connectivity index (χ0n) is 13.9. The third-order valence-corrected chi connectivity index (χ3v) is 4.25. The second-order valence-corrected chi connectivity index (χ2v) is 7.22. The lowest BCUT2D eigenvalue weighted by Crippen LogP contribution is -2.48. The summed E-state index contributed by atoms with van der Waals surface area (Å²) in [7, 11) is 0. The molecule has 7 heteroatoms. The first-order chi connectivity index (χ1) is 10.8.